The molecule has 2 rings (SSSR count). The van der Waals surface area contributed by atoms with Gasteiger partial charge in [-0.3, -0.25) is 4.79 Å². The summed E-state index contributed by atoms with van der Waals surface area (Å²) in [5.74, 6) is -0.446. The Morgan fingerprint density at radius 2 is 1.91 bits per heavy atom. The van der Waals surface area contributed by atoms with Crippen molar-refractivity contribution in [2.24, 2.45) is 5.92 Å². The third-order valence-corrected chi connectivity index (χ3v) is 5.48. The molecule has 7 heteroatoms. The number of nitrogens with one attached hydrogen (secondary N) is 1. The zero-order valence-electron chi connectivity index (χ0n) is 13.7. The average molecular weight is 339 g/mol. The second kappa shape index (κ2) is 7.90. The van der Waals surface area contributed by atoms with Crippen LogP contribution in [-0.4, -0.2) is 69.6 Å². The van der Waals surface area contributed by atoms with E-state index in [1.54, 1.807) is 7.05 Å². The first-order chi connectivity index (χ1) is 10.9. The molecule has 1 aromatic carbocycles. The molecule has 1 atom stereocenters. The standard InChI is InChI=1S/C16H25N3O3S/c1-17-16(20)15-12-18(9-8-14-6-4-3-5-7-14)10-11-19(13-15)23(2,21)22/h3-7,15H,8-13H2,1-2H3,(H,17,20). The lowest BCUT2D eigenvalue weighted by Crippen LogP contribution is -2.41. The molecule has 0 aliphatic carbocycles. The van der Waals surface area contributed by atoms with Gasteiger partial charge >= 0.3 is 0 Å². The quantitative estimate of drug-likeness (QED) is 0.830. The van der Waals surface area contributed by atoms with Gasteiger partial charge in [0.2, 0.25) is 15.9 Å². The maximum atomic E-state index is 12.1. The monoisotopic (exact) mass is 339 g/mol. The number of rotatable bonds is 5. The first kappa shape index (κ1) is 17.9. The molecule has 23 heavy (non-hydrogen) atoms. The minimum absolute atomic E-state index is 0.106. The average Bonchev–Trinajstić information content (AvgIpc) is 2.76. The van der Waals surface area contributed by atoms with Gasteiger partial charge in [-0.25, -0.2) is 12.7 Å². The van der Waals surface area contributed by atoms with Crippen LogP contribution in [0.1, 0.15) is 5.56 Å². The van der Waals surface area contributed by atoms with E-state index in [9.17, 15) is 13.2 Å². The van der Waals surface area contributed by atoms with Gasteiger partial charge in [0.15, 0.2) is 0 Å². The third-order valence-electron chi connectivity index (χ3n) is 4.21. The van der Waals surface area contributed by atoms with Crippen LogP contribution in [0.3, 0.4) is 0 Å². The van der Waals surface area contributed by atoms with Crippen LogP contribution in [0, 0.1) is 5.92 Å². The van der Waals surface area contributed by atoms with Gasteiger partial charge in [0.1, 0.15) is 0 Å². The minimum Gasteiger partial charge on any atom is -0.359 e. The Morgan fingerprint density at radius 3 is 2.52 bits per heavy atom. The number of amides is 1. The topological polar surface area (TPSA) is 69.7 Å². The number of hydrogen-bond acceptors (Lipinski definition) is 4. The van der Waals surface area contributed by atoms with Gasteiger partial charge in [0.05, 0.1) is 12.2 Å². The largest absolute Gasteiger partial charge is 0.359 e. The van der Waals surface area contributed by atoms with Crippen molar-refractivity contribution in [3.05, 3.63) is 35.9 Å². The molecule has 1 heterocycles. The molecule has 128 valence electrons. The van der Waals surface area contributed by atoms with Gasteiger partial charge in [-0.2, -0.15) is 0 Å². The molecule has 0 bridgehead atoms. The fourth-order valence-electron chi connectivity index (χ4n) is 2.86. The summed E-state index contributed by atoms with van der Waals surface area (Å²) in [6.07, 6.45) is 2.09. The highest BCUT2D eigenvalue weighted by atomic mass is 32.2. The molecule has 0 saturated carbocycles. The molecule has 1 unspecified atom stereocenters. The first-order valence-corrected chi connectivity index (χ1v) is 9.68. The summed E-state index contributed by atoms with van der Waals surface area (Å²) in [7, 11) is -1.70. The van der Waals surface area contributed by atoms with Crippen LogP contribution >= 0.6 is 0 Å². The Balaban J connectivity index is 2.04. The molecule has 0 spiro atoms. The van der Waals surface area contributed by atoms with Crippen molar-refractivity contribution in [3.8, 4) is 0 Å². The first-order valence-electron chi connectivity index (χ1n) is 7.83. The highest BCUT2D eigenvalue weighted by molar-refractivity contribution is 7.88. The molecule has 0 aromatic heterocycles. The van der Waals surface area contributed by atoms with Crippen molar-refractivity contribution >= 4 is 15.9 Å². The Morgan fingerprint density at radius 1 is 1.22 bits per heavy atom. The molecular formula is C16H25N3O3S. The van der Waals surface area contributed by atoms with Crippen LogP contribution in [0.4, 0.5) is 0 Å². The van der Waals surface area contributed by atoms with Crippen LogP contribution in [0.25, 0.3) is 0 Å². The second-order valence-corrected chi connectivity index (χ2v) is 7.95. The molecular weight excluding hydrogens is 314 g/mol. The van der Waals surface area contributed by atoms with Crippen LogP contribution in [0.5, 0.6) is 0 Å². The van der Waals surface area contributed by atoms with E-state index in [-0.39, 0.29) is 18.4 Å². The molecule has 6 nitrogen and oxygen atoms in total. The number of nitrogens with zero attached hydrogens (tertiary/aromatic N) is 2. The highest BCUT2D eigenvalue weighted by Crippen LogP contribution is 2.13. The van der Waals surface area contributed by atoms with Crippen molar-refractivity contribution in [1.29, 1.82) is 0 Å². The molecule has 1 amide bonds. The Bertz CT molecular complexity index is 619. The summed E-state index contributed by atoms with van der Waals surface area (Å²) < 4.78 is 25.1. The summed E-state index contributed by atoms with van der Waals surface area (Å²) in [6.45, 7) is 2.72. The lowest BCUT2D eigenvalue weighted by atomic mass is 10.1. The maximum Gasteiger partial charge on any atom is 0.225 e. The Labute approximate surface area is 138 Å². The number of benzene rings is 1. The van der Waals surface area contributed by atoms with Crippen LogP contribution in [0.2, 0.25) is 0 Å². The number of carbonyl (C=O) groups excluding carboxylic acids is 1. The lowest BCUT2D eigenvalue weighted by Gasteiger charge is -2.22. The molecule has 1 saturated heterocycles. The van der Waals surface area contributed by atoms with Gasteiger partial charge in [-0.05, 0) is 12.0 Å². The fraction of sp³-hybridized carbons (Fsp3) is 0.562. The van der Waals surface area contributed by atoms with Gasteiger partial charge < -0.3 is 10.2 Å². The summed E-state index contributed by atoms with van der Waals surface area (Å²) in [5.41, 5.74) is 1.24. The zero-order chi connectivity index (χ0) is 16.9. The lowest BCUT2D eigenvalue weighted by molar-refractivity contribution is -0.125. The smallest absolute Gasteiger partial charge is 0.225 e. The molecule has 1 N–H and O–H groups in total. The van der Waals surface area contributed by atoms with Gasteiger partial charge in [-0.15, -0.1) is 0 Å². The van der Waals surface area contributed by atoms with E-state index in [1.165, 1.54) is 16.1 Å². The molecule has 1 aliphatic rings. The van der Waals surface area contributed by atoms with Gasteiger partial charge in [0.25, 0.3) is 0 Å². The second-order valence-electron chi connectivity index (χ2n) is 5.97. The SMILES string of the molecule is CNC(=O)C1CN(CCc2ccccc2)CCN(S(C)(=O)=O)C1. The Kier molecular flexibility index (Phi) is 6.15. The summed E-state index contributed by atoms with van der Waals surface area (Å²) in [4.78, 5) is 14.2. The van der Waals surface area contributed by atoms with E-state index in [0.29, 0.717) is 19.6 Å². The van der Waals surface area contributed by atoms with E-state index in [4.69, 9.17) is 0 Å². The van der Waals surface area contributed by atoms with Crippen LogP contribution < -0.4 is 5.32 Å². The third kappa shape index (κ3) is 5.30. The minimum atomic E-state index is -3.29. The van der Waals surface area contributed by atoms with Crippen LogP contribution in [-0.2, 0) is 21.2 Å². The van der Waals surface area contributed by atoms with Gasteiger partial charge in [0, 0.05) is 39.8 Å². The van der Waals surface area contributed by atoms with E-state index in [0.717, 1.165) is 13.0 Å². The maximum absolute atomic E-state index is 12.1. The molecule has 0 radical (unpaired) electrons. The zero-order valence-corrected chi connectivity index (χ0v) is 14.6. The normalized spacial score (nSPS) is 20.9. The highest BCUT2D eigenvalue weighted by Gasteiger charge is 2.30. The van der Waals surface area contributed by atoms with E-state index in [2.05, 4.69) is 22.3 Å². The van der Waals surface area contributed by atoms with E-state index in [1.807, 2.05) is 18.2 Å². The van der Waals surface area contributed by atoms with E-state index < -0.39 is 10.0 Å². The van der Waals surface area contributed by atoms with Crippen molar-refractivity contribution in [1.82, 2.24) is 14.5 Å². The fourth-order valence-corrected chi connectivity index (χ4v) is 3.72. The van der Waals surface area contributed by atoms with Crippen molar-refractivity contribution in [2.45, 2.75) is 6.42 Å². The van der Waals surface area contributed by atoms with Crippen LogP contribution in [0.15, 0.2) is 30.3 Å². The number of carbonyl (C=O) groups is 1. The summed E-state index contributed by atoms with van der Waals surface area (Å²) in [5, 5.41) is 2.64. The molecule has 1 fully saturated rings. The van der Waals surface area contributed by atoms with Crippen molar-refractivity contribution < 1.29 is 13.2 Å². The van der Waals surface area contributed by atoms with Gasteiger partial charge in [-0.1, -0.05) is 30.3 Å². The summed E-state index contributed by atoms with van der Waals surface area (Å²) in [6, 6.07) is 10.2. The van der Waals surface area contributed by atoms with Crippen molar-refractivity contribution in [3.63, 3.8) is 0 Å². The Hall–Kier alpha value is -1.44. The predicted octanol–water partition coefficient (Wildman–Crippen LogP) is 0.169. The van der Waals surface area contributed by atoms with Crippen molar-refractivity contribution in [2.75, 3.05) is 46.0 Å². The number of hydrogen-bond donors (Lipinski definition) is 1. The molecule has 1 aromatic rings. The van der Waals surface area contributed by atoms with E-state index >= 15 is 0 Å². The number of sulfonamides is 1. The predicted molar refractivity (Wildman–Crippen MR) is 90.6 cm³/mol. The molecule has 1 aliphatic heterocycles. The summed E-state index contributed by atoms with van der Waals surface area (Å²) >= 11 is 0.